The molecule has 1 nitrogen and oxygen atoms in total. The van der Waals surface area contributed by atoms with Gasteiger partial charge in [0.2, 0.25) is 0 Å². The van der Waals surface area contributed by atoms with E-state index in [0.717, 1.165) is 22.9 Å². The van der Waals surface area contributed by atoms with Crippen LogP contribution in [0.15, 0.2) is 108 Å². The van der Waals surface area contributed by atoms with Crippen molar-refractivity contribution >= 4 is 44.2 Å². The molecule has 0 spiro atoms. The second-order valence-electron chi connectivity index (χ2n) is 9.59. The van der Waals surface area contributed by atoms with Crippen molar-refractivity contribution in [3.8, 4) is 0 Å². The van der Waals surface area contributed by atoms with E-state index in [2.05, 4.69) is 91.1 Å². The Hall–Kier alpha value is -4.23. The smallest absolute Gasteiger partial charge is 0.193 e. The summed E-state index contributed by atoms with van der Waals surface area (Å²) in [5.41, 5.74) is 8.05. The topological polar surface area (TPSA) is 17.1 Å². The lowest BCUT2D eigenvalue weighted by Gasteiger charge is -2.34. The van der Waals surface area contributed by atoms with Crippen LogP contribution in [0.4, 0.5) is 0 Å². The average Bonchev–Trinajstić information content (AvgIpc) is 2.90. The van der Waals surface area contributed by atoms with Gasteiger partial charge in [-0.15, -0.1) is 0 Å². The Balaban J connectivity index is 1.37. The van der Waals surface area contributed by atoms with Crippen LogP contribution in [-0.4, -0.2) is 5.78 Å². The first-order valence-corrected chi connectivity index (χ1v) is 11.9. The minimum Gasteiger partial charge on any atom is -0.289 e. The third kappa shape index (κ3) is 2.26. The van der Waals surface area contributed by atoms with Crippen LogP contribution in [0.1, 0.15) is 38.5 Å². The molecule has 0 aromatic heterocycles. The van der Waals surface area contributed by atoms with Crippen LogP contribution >= 0.6 is 0 Å². The van der Waals surface area contributed by atoms with Crippen LogP contribution in [0.2, 0.25) is 0 Å². The van der Waals surface area contributed by atoms with Gasteiger partial charge in [-0.3, -0.25) is 4.79 Å². The van der Waals surface area contributed by atoms with Gasteiger partial charge in [-0.05, 0) is 72.6 Å². The van der Waals surface area contributed by atoms with Crippen molar-refractivity contribution in [2.75, 3.05) is 0 Å². The third-order valence-corrected chi connectivity index (χ3v) is 7.94. The number of rotatable bonds is 2. The molecule has 0 radical (unpaired) electrons. The number of benzene rings is 5. The lowest BCUT2D eigenvalue weighted by Crippen LogP contribution is -2.20. The summed E-state index contributed by atoms with van der Waals surface area (Å²) >= 11 is 0. The van der Waals surface area contributed by atoms with Gasteiger partial charge in [0.1, 0.15) is 0 Å². The Morgan fingerprint density at radius 1 is 0.706 bits per heavy atom. The summed E-state index contributed by atoms with van der Waals surface area (Å²) in [6.07, 6.45) is 14.1. The van der Waals surface area contributed by atoms with E-state index in [1.807, 2.05) is 12.1 Å². The first-order valence-electron chi connectivity index (χ1n) is 11.9. The highest BCUT2D eigenvalue weighted by Crippen LogP contribution is 2.47. The van der Waals surface area contributed by atoms with Crippen LogP contribution in [0.5, 0.6) is 0 Å². The van der Waals surface area contributed by atoms with Gasteiger partial charge in [0.15, 0.2) is 5.78 Å². The zero-order chi connectivity index (χ0) is 22.4. The number of hydrogen-bond acceptors (Lipinski definition) is 1. The molecule has 0 saturated heterocycles. The molecule has 0 aliphatic heterocycles. The normalized spacial score (nSPS) is 17.8. The van der Waals surface area contributed by atoms with Crippen molar-refractivity contribution in [1.29, 1.82) is 0 Å². The summed E-state index contributed by atoms with van der Waals surface area (Å²) in [5.74, 6) is 0.377. The van der Waals surface area contributed by atoms with E-state index in [9.17, 15) is 4.79 Å². The molecule has 3 aliphatic rings. The summed E-state index contributed by atoms with van der Waals surface area (Å²) in [7, 11) is 0. The fourth-order valence-electron chi connectivity index (χ4n) is 6.41. The first-order chi connectivity index (χ1) is 16.8. The zero-order valence-corrected chi connectivity index (χ0v) is 18.5. The second-order valence-corrected chi connectivity index (χ2v) is 9.59. The molecule has 3 aliphatic carbocycles. The largest absolute Gasteiger partial charge is 0.289 e. The zero-order valence-electron chi connectivity index (χ0n) is 18.5. The lowest BCUT2D eigenvalue weighted by molar-refractivity contribution is 0.103. The van der Waals surface area contributed by atoms with Crippen molar-refractivity contribution in [2.45, 2.75) is 12.3 Å². The summed E-state index contributed by atoms with van der Waals surface area (Å²) < 4.78 is 0. The van der Waals surface area contributed by atoms with E-state index in [0.29, 0.717) is 0 Å². The Kier molecular flexibility index (Phi) is 3.44. The Labute approximate surface area is 197 Å². The van der Waals surface area contributed by atoms with Gasteiger partial charge in [0.25, 0.3) is 0 Å². The summed E-state index contributed by atoms with van der Waals surface area (Å²) in [5, 5.41) is 7.12. The molecule has 1 unspecified atom stereocenters. The highest BCUT2D eigenvalue weighted by atomic mass is 16.1. The van der Waals surface area contributed by atoms with Crippen molar-refractivity contribution in [3.63, 3.8) is 0 Å². The van der Waals surface area contributed by atoms with E-state index in [-0.39, 0.29) is 11.7 Å². The van der Waals surface area contributed by atoms with Crippen molar-refractivity contribution in [2.24, 2.45) is 0 Å². The van der Waals surface area contributed by atoms with Crippen LogP contribution in [0.25, 0.3) is 38.4 Å². The molecule has 0 fully saturated rings. The van der Waals surface area contributed by atoms with E-state index >= 15 is 0 Å². The van der Waals surface area contributed by atoms with Gasteiger partial charge in [0.05, 0.1) is 0 Å². The maximum atomic E-state index is 14.2. The van der Waals surface area contributed by atoms with Crippen molar-refractivity contribution in [3.05, 3.63) is 136 Å². The maximum Gasteiger partial charge on any atom is 0.193 e. The first kappa shape index (κ1) is 18.2. The van der Waals surface area contributed by atoms with Gasteiger partial charge in [-0.25, -0.2) is 0 Å². The quantitative estimate of drug-likeness (QED) is 0.205. The molecular weight excluding hydrogens is 412 g/mol. The third-order valence-electron chi connectivity index (χ3n) is 7.94. The summed E-state index contributed by atoms with van der Waals surface area (Å²) in [4.78, 5) is 14.2. The van der Waals surface area contributed by atoms with E-state index in [1.54, 1.807) is 0 Å². The number of allylic oxidation sites excluding steroid dienone is 7. The molecule has 0 bridgehead atoms. The molecule has 5 aromatic carbocycles. The standard InChI is InChI=1S/C33H20O/c34-33(27-17-13-23-9-7-19-3-1-5-21-11-15-25(27)31(23)29(19)21)28-18-14-24-10-8-20-4-2-6-22-12-16-26(28)32(24)30(20)22/h1-15,17-18,30H,16H2. The van der Waals surface area contributed by atoms with E-state index in [1.165, 1.54) is 54.8 Å². The molecule has 0 saturated carbocycles. The van der Waals surface area contributed by atoms with Gasteiger partial charge >= 0.3 is 0 Å². The molecule has 158 valence electrons. The number of ketones is 1. The Morgan fingerprint density at radius 2 is 1.47 bits per heavy atom. The minimum absolute atomic E-state index is 0.124. The number of carbonyl (C=O) groups excluding carboxylic acids is 1. The maximum absolute atomic E-state index is 14.2. The number of hydrogen-bond donors (Lipinski definition) is 0. The predicted molar refractivity (Wildman–Crippen MR) is 141 cm³/mol. The lowest BCUT2D eigenvalue weighted by atomic mass is 9.69. The fraction of sp³-hybridized carbons (Fsp3) is 0.0606. The van der Waals surface area contributed by atoms with E-state index < -0.39 is 0 Å². The van der Waals surface area contributed by atoms with Gasteiger partial charge in [-0.2, -0.15) is 0 Å². The molecule has 8 rings (SSSR count). The fourth-order valence-corrected chi connectivity index (χ4v) is 6.41. The summed E-state index contributed by atoms with van der Waals surface area (Å²) in [6.45, 7) is 0. The Morgan fingerprint density at radius 3 is 2.35 bits per heavy atom. The molecular formula is C33H20O. The molecule has 1 atom stereocenters. The molecule has 34 heavy (non-hydrogen) atoms. The van der Waals surface area contributed by atoms with Crippen LogP contribution in [-0.2, 0) is 6.42 Å². The molecule has 0 N–H and O–H groups in total. The molecule has 0 amide bonds. The minimum atomic E-state index is 0.124. The Bertz CT molecular complexity index is 1820. The molecule has 0 heterocycles. The highest BCUT2D eigenvalue weighted by Gasteiger charge is 2.32. The molecule has 1 heteroatoms. The highest BCUT2D eigenvalue weighted by molar-refractivity contribution is 6.28. The van der Waals surface area contributed by atoms with Crippen LogP contribution < -0.4 is 0 Å². The monoisotopic (exact) mass is 432 g/mol. The SMILES string of the molecule is O=C(c1ccc2c3c1CC=C1C=CC=C(C=C2)C13)c1ccc2ccc3cccc4ccc1c2c34. The average molecular weight is 433 g/mol. The second kappa shape index (κ2) is 6.42. The van der Waals surface area contributed by atoms with Crippen LogP contribution in [0.3, 0.4) is 0 Å². The van der Waals surface area contributed by atoms with Crippen LogP contribution in [0, 0.1) is 0 Å². The van der Waals surface area contributed by atoms with E-state index in [4.69, 9.17) is 0 Å². The van der Waals surface area contributed by atoms with Gasteiger partial charge < -0.3 is 0 Å². The van der Waals surface area contributed by atoms with Gasteiger partial charge in [-0.1, -0.05) is 97.1 Å². The summed E-state index contributed by atoms with van der Waals surface area (Å²) in [6, 6.07) is 23.4. The van der Waals surface area contributed by atoms with Crippen molar-refractivity contribution in [1.82, 2.24) is 0 Å². The molecule has 5 aromatic rings. The predicted octanol–water partition coefficient (Wildman–Crippen LogP) is 7.90. The number of carbonyl (C=O) groups is 1. The van der Waals surface area contributed by atoms with Crippen molar-refractivity contribution < 1.29 is 4.79 Å². The van der Waals surface area contributed by atoms with Gasteiger partial charge in [0, 0.05) is 17.0 Å².